The lowest BCUT2D eigenvalue weighted by Gasteiger charge is -2.07. The first-order valence-electron chi connectivity index (χ1n) is 21.4. The molecule has 0 aromatic rings. The van der Waals surface area contributed by atoms with Crippen molar-refractivity contribution in [2.45, 2.75) is 218 Å². The lowest BCUT2D eigenvalue weighted by atomic mass is 10.1. The number of carbonyl (C=O) groups excluding carboxylic acids is 2. The maximum absolute atomic E-state index is 11.1. The zero-order valence-electron chi connectivity index (χ0n) is 37.5. The molecule has 0 unspecified atom stereocenters. The summed E-state index contributed by atoms with van der Waals surface area (Å²) >= 11 is 0. The molecule has 2 amide bonds. The van der Waals surface area contributed by atoms with Gasteiger partial charge in [0.2, 0.25) is 11.8 Å². The number of nitrogens with one attached hydrogen (secondary N) is 2. The van der Waals surface area contributed by atoms with Crippen molar-refractivity contribution in [1.29, 1.82) is 0 Å². The second-order valence-corrected chi connectivity index (χ2v) is 14.6. The molecular weight excluding hydrogens is 654 g/mol. The molecule has 4 N–H and O–H groups in total. The van der Waals surface area contributed by atoms with Gasteiger partial charge in [0.15, 0.2) is 0 Å². The van der Waals surface area contributed by atoms with Crippen LogP contribution < -0.4 is 16.4 Å². The third-order valence-electron chi connectivity index (χ3n) is 6.91. The van der Waals surface area contributed by atoms with Gasteiger partial charge in [-0.25, -0.2) is 0 Å². The fourth-order valence-corrected chi connectivity index (χ4v) is 3.79. The molecule has 0 saturated carbocycles. The first-order valence-corrected chi connectivity index (χ1v) is 21.4. The highest BCUT2D eigenvalue weighted by Crippen LogP contribution is 2.02. The Labute approximate surface area is 325 Å². The van der Waals surface area contributed by atoms with Gasteiger partial charge in [0, 0.05) is 38.8 Å². The summed E-state index contributed by atoms with van der Waals surface area (Å²) in [5.41, 5.74) is 5.36. The van der Waals surface area contributed by atoms with E-state index in [0.29, 0.717) is 18.3 Å². The standard InChI is InChI=1S/C11H23NO.C9H19NO2.C9H21NO.C8H18O.C6H14O/c1-4-5-6-7-8-9-12-11(13)10(2)3;1-4-5-6-10-9(11)7-12-8(2)3;1-9(2)11-8-6-4-3-5-7-10;1-4-5-6-7-9-8(2)3;1-4-5-7-6(2)3/h10H,4-9H2,1-3H3,(H,12,13);8H,4-7H2,1-3H3,(H,10,11);9H,3-8,10H2,1-2H3;8H,4-7H2,1-3H3;6H,4-5H2,1-3H3. The molecule has 0 aliphatic rings. The molecule has 0 heterocycles. The van der Waals surface area contributed by atoms with Crippen LogP contribution in [0.15, 0.2) is 0 Å². The molecule has 9 nitrogen and oxygen atoms in total. The van der Waals surface area contributed by atoms with Crippen LogP contribution >= 0.6 is 0 Å². The van der Waals surface area contributed by atoms with E-state index in [-0.39, 0.29) is 30.4 Å². The first-order chi connectivity index (χ1) is 24.7. The number of rotatable bonds is 28. The lowest BCUT2D eigenvalue weighted by molar-refractivity contribution is -0.127. The van der Waals surface area contributed by atoms with E-state index in [1.807, 2.05) is 27.7 Å². The highest BCUT2D eigenvalue weighted by Gasteiger charge is 2.04. The van der Waals surface area contributed by atoms with Crippen LogP contribution in [0.5, 0.6) is 0 Å². The van der Waals surface area contributed by atoms with E-state index in [2.05, 4.69) is 79.9 Å². The second kappa shape index (κ2) is 51.8. The molecule has 0 spiro atoms. The summed E-state index contributed by atoms with van der Waals surface area (Å²) in [4.78, 5) is 22.1. The quantitative estimate of drug-likeness (QED) is 0.0681. The predicted molar refractivity (Wildman–Crippen MR) is 226 cm³/mol. The molecule has 0 aliphatic carbocycles. The van der Waals surface area contributed by atoms with Crippen molar-refractivity contribution in [2.75, 3.05) is 46.1 Å². The van der Waals surface area contributed by atoms with Gasteiger partial charge in [0.25, 0.3) is 0 Å². The minimum atomic E-state index is -0.0165. The Morgan fingerprint density at radius 2 is 0.865 bits per heavy atom. The third-order valence-corrected chi connectivity index (χ3v) is 6.91. The average Bonchev–Trinajstić information content (AvgIpc) is 3.09. The Balaban J connectivity index is -0.000000180. The van der Waals surface area contributed by atoms with Gasteiger partial charge >= 0.3 is 0 Å². The molecule has 0 aromatic carbocycles. The van der Waals surface area contributed by atoms with Gasteiger partial charge < -0.3 is 35.3 Å². The summed E-state index contributed by atoms with van der Waals surface area (Å²) in [6.07, 6.45) is 19.5. The highest BCUT2D eigenvalue weighted by atomic mass is 16.5. The number of amides is 2. The van der Waals surface area contributed by atoms with E-state index in [1.165, 1.54) is 64.2 Å². The Kier molecular flexibility index (Phi) is 59.8. The summed E-state index contributed by atoms with van der Waals surface area (Å²) in [6, 6.07) is 0. The second-order valence-electron chi connectivity index (χ2n) is 14.6. The number of carbonyl (C=O) groups is 2. The molecule has 0 atom stereocenters. The summed E-state index contributed by atoms with van der Waals surface area (Å²) in [7, 11) is 0. The maximum atomic E-state index is 11.1. The Morgan fingerprint density at radius 1 is 0.462 bits per heavy atom. The minimum Gasteiger partial charge on any atom is -0.379 e. The first kappa shape index (κ1) is 60.0. The van der Waals surface area contributed by atoms with E-state index in [9.17, 15) is 9.59 Å². The Bertz CT molecular complexity index is 661. The van der Waals surface area contributed by atoms with Crippen molar-refractivity contribution < 1.29 is 28.5 Å². The van der Waals surface area contributed by atoms with Gasteiger partial charge in [-0.1, -0.05) is 99.3 Å². The SMILES string of the molecule is CC(C)OCCCCCCN.CCCCCCCNC(=O)C(C)C.CCCCCOC(C)C.CCCCNC(=O)COC(C)C.CCCOC(C)C. The smallest absolute Gasteiger partial charge is 0.246 e. The van der Waals surface area contributed by atoms with Crippen molar-refractivity contribution in [2.24, 2.45) is 11.7 Å². The largest absolute Gasteiger partial charge is 0.379 e. The zero-order chi connectivity index (χ0) is 40.8. The Morgan fingerprint density at radius 3 is 1.29 bits per heavy atom. The molecule has 0 fully saturated rings. The topological polar surface area (TPSA) is 121 Å². The summed E-state index contributed by atoms with van der Waals surface area (Å²) in [6.45, 7) is 34.0. The van der Waals surface area contributed by atoms with Crippen LogP contribution in [-0.2, 0) is 28.5 Å². The molecule has 0 saturated heterocycles. The molecule has 318 valence electrons. The van der Waals surface area contributed by atoms with Crippen LogP contribution in [0, 0.1) is 5.92 Å². The van der Waals surface area contributed by atoms with Crippen molar-refractivity contribution >= 4 is 11.8 Å². The molecular formula is C43H95N3O6. The van der Waals surface area contributed by atoms with Crippen LogP contribution in [0.1, 0.15) is 193 Å². The molecule has 9 heteroatoms. The monoisotopic (exact) mass is 750 g/mol. The van der Waals surface area contributed by atoms with Gasteiger partial charge in [-0.2, -0.15) is 0 Å². The van der Waals surface area contributed by atoms with E-state index in [4.69, 9.17) is 24.7 Å². The number of nitrogens with two attached hydrogens (primary N) is 1. The number of hydrogen-bond donors (Lipinski definition) is 3. The van der Waals surface area contributed by atoms with E-state index >= 15 is 0 Å². The number of hydrogen-bond acceptors (Lipinski definition) is 7. The normalized spacial score (nSPS) is 10.5. The van der Waals surface area contributed by atoms with Crippen LogP contribution in [0.25, 0.3) is 0 Å². The highest BCUT2D eigenvalue weighted by molar-refractivity contribution is 5.77. The molecule has 0 aromatic heterocycles. The number of unbranched alkanes of at least 4 members (excludes halogenated alkanes) is 10. The van der Waals surface area contributed by atoms with Crippen molar-refractivity contribution in [1.82, 2.24) is 10.6 Å². The van der Waals surface area contributed by atoms with Gasteiger partial charge in [-0.05, 0) is 100 Å². The third kappa shape index (κ3) is 74.0. The molecule has 0 aliphatic heterocycles. The fraction of sp³-hybridized carbons (Fsp3) is 0.953. The van der Waals surface area contributed by atoms with Crippen LogP contribution in [-0.4, -0.2) is 82.3 Å². The molecule has 0 rings (SSSR count). The van der Waals surface area contributed by atoms with E-state index in [1.54, 1.807) is 0 Å². The summed E-state index contributed by atoms with van der Waals surface area (Å²) < 4.78 is 21.0. The van der Waals surface area contributed by atoms with Crippen molar-refractivity contribution in [3.05, 3.63) is 0 Å². The van der Waals surface area contributed by atoms with E-state index < -0.39 is 0 Å². The van der Waals surface area contributed by atoms with Crippen LogP contribution in [0.3, 0.4) is 0 Å². The molecule has 0 bridgehead atoms. The lowest BCUT2D eigenvalue weighted by Crippen LogP contribution is -2.29. The van der Waals surface area contributed by atoms with E-state index in [0.717, 1.165) is 71.6 Å². The fourth-order valence-electron chi connectivity index (χ4n) is 3.79. The van der Waals surface area contributed by atoms with Gasteiger partial charge in [-0.3, -0.25) is 9.59 Å². The zero-order valence-corrected chi connectivity index (χ0v) is 37.5. The maximum Gasteiger partial charge on any atom is 0.246 e. The van der Waals surface area contributed by atoms with Crippen molar-refractivity contribution in [3.8, 4) is 0 Å². The predicted octanol–water partition coefficient (Wildman–Crippen LogP) is 10.4. The summed E-state index contributed by atoms with van der Waals surface area (Å²) in [5.74, 6) is 0.281. The molecule has 0 radical (unpaired) electrons. The van der Waals surface area contributed by atoms with Crippen LogP contribution in [0.4, 0.5) is 0 Å². The number of ether oxygens (including phenoxy) is 4. The van der Waals surface area contributed by atoms with Crippen LogP contribution in [0.2, 0.25) is 0 Å². The van der Waals surface area contributed by atoms with Gasteiger partial charge in [0.1, 0.15) is 6.61 Å². The minimum absolute atomic E-state index is 0.0165. The Hall–Kier alpha value is -1.26. The van der Waals surface area contributed by atoms with Gasteiger partial charge in [0.05, 0.1) is 24.4 Å². The van der Waals surface area contributed by atoms with Crippen molar-refractivity contribution in [3.63, 3.8) is 0 Å². The summed E-state index contributed by atoms with van der Waals surface area (Å²) in [5, 5.41) is 5.70. The molecule has 52 heavy (non-hydrogen) atoms. The van der Waals surface area contributed by atoms with Gasteiger partial charge in [-0.15, -0.1) is 0 Å². The average molecular weight is 750 g/mol.